The number of hydrogen-bond donors (Lipinski definition) is 7. The van der Waals surface area contributed by atoms with Gasteiger partial charge in [-0.1, -0.05) is 0 Å². The second-order valence-corrected chi connectivity index (χ2v) is 7.05. The van der Waals surface area contributed by atoms with Crippen LogP contribution < -0.4 is 5.32 Å². The average molecular weight is 505 g/mol. The predicted molar refractivity (Wildman–Crippen MR) is 102 cm³/mol. The second kappa shape index (κ2) is 14.9. The smallest absolute Gasteiger partial charge is 0.397 e. The molecule has 0 aromatic rings. The first kappa shape index (κ1) is 34.0. The van der Waals surface area contributed by atoms with Gasteiger partial charge < -0.3 is 45.1 Å². The maximum absolute atomic E-state index is 11.4. The topological polar surface area (TPSA) is 246 Å². The zero-order chi connectivity index (χ0) is 23.2. The number of carbonyl (C=O) groups is 3. The minimum atomic E-state index is -5.24. The number of ether oxygens (including phenoxy) is 2. The molecule has 0 saturated carbocycles. The summed E-state index contributed by atoms with van der Waals surface area (Å²) in [6.45, 7) is -0.0507. The van der Waals surface area contributed by atoms with Gasteiger partial charge in [-0.15, -0.1) is 0 Å². The van der Waals surface area contributed by atoms with Crippen LogP contribution in [0.1, 0.15) is 6.92 Å². The third-order valence-electron chi connectivity index (χ3n) is 3.69. The van der Waals surface area contributed by atoms with Crippen molar-refractivity contribution in [2.24, 2.45) is 0 Å². The van der Waals surface area contributed by atoms with Crippen LogP contribution in [0.5, 0.6) is 0 Å². The number of nitrogens with one attached hydrogen (secondary N) is 1. The van der Waals surface area contributed by atoms with Gasteiger partial charge in [-0.25, -0.2) is 8.98 Å². The monoisotopic (exact) mass is 505 g/mol. The molecule has 1 heterocycles. The molecule has 2 radical (unpaired) electrons. The van der Waals surface area contributed by atoms with E-state index in [1.165, 1.54) is 0 Å². The molecular weight excluding hydrogens is 484 g/mol. The van der Waals surface area contributed by atoms with Crippen molar-refractivity contribution in [1.29, 1.82) is 0 Å². The molecule has 174 valence electrons. The number of carbonyl (C=O) groups excluding carboxylic acids is 2. The molecule has 0 aromatic heterocycles. The van der Waals surface area contributed by atoms with Crippen LogP contribution in [-0.4, -0.2) is 165 Å². The van der Waals surface area contributed by atoms with E-state index in [0.717, 1.165) is 6.92 Å². The first-order valence-electron chi connectivity index (χ1n) is 8.11. The Hall–Kier alpha value is -0.180. The maximum Gasteiger partial charge on any atom is 0.397 e. The third-order valence-corrected chi connectivity index (χ3v) is 4.16. The molecule has 0 aliphatic carbocycles. The van der Waals surface area contributed by atoms with Crippen molar-refractivity contribution >= 4 is 87.7 Å². The zero-order valence-electron chi connectivity index (χ0n) is 17.3. The van der Waals surface area contributed by atoms with Gasteiger partial charge >= 0.3 is 16.4 Å². The van der Waals surface area contributed by atoms with Gasteiger partial charge in [-0.3, -0.25) is 9.35 Å². The van der Waals surface area contributed by atoms with Gasteiger partial charge in [0, 0.05) is 66.0 Å². The van der Waals surface area contributed by atoms with E-state index in [-0.39, 0.29) is 65.4 Å². The fraction of sp³-hybridized carbons (Fsp3) is 0.643. The van der Waals surface area contributed by atoms with Gasteiger partial charge in [-0.2, -0.15) is 8.42 Å². The summed E-state index contributed by atoms with van der Waals surface area (Å²) >= 11 is 0. The largest absolute Gasteiger partial charge is 0.475 e. The van der Waals surface area contributed by atoms with Crippen LogP contribution in [0, 0.1) is 0 Å². The van der Waals surface area contributed by atoms with Gasteiger partial charge in [0.05, 0.1) is 6.61 Å². The fourth-order valence-electron chi connectivity index (χ4n) is 2.40. The number of rotatable bonds is 11. The number of carboxylic acid groups (broad SMARTS) is 1. The molecule has 32 heavy (non-hydrogen) atoms. The minimum Gasteiger partial charge on any atom is -0.475 e. The van der Waals surface area contributed by atoms with Crippen LogP contribution in [0.15, 0.2) is 11.8 Å². The summed E-state index contributed by atoms with van der Waals surface area (Å²) < 4.78 is 45.3. The van der Waals surface area contributed by atoms with Crippen LogP contribution >= 0.6 is 0 Å². The fourth-order valence-corrected chi connectivity index (χ4v) is 2.89. The summed E-state index contributed by atoms with van der Waals surface area (Å²) in [5.74, 6) is -3.47. The first-order chi connectivity index (χ1) is 13.8. The van der Waals surface area contributed by atoms with E-state index >= 15 is 0 Å². The Morgan fingerprint density at radius 3 is 2.28 bits per heavy atom. The molecule has 1 aliphatic rings. The Balaban J connectivity index is 0. The molecule has 0 unspecified atom stereocenters. The van der Waals surface area contributed by atoms with Crippen molar-refractivity contribution in [3.63, 3.8) is 0 Å². The van der Waals surface area contributed by atoms with Crippen LogP contribution in [0.4, 0.5) is 0 Å². The van der Waals surface area contributed by atoms with Crippen LogP contribution in [0.25, 0.3) is 0 Å². The quantitative estimate of drug-likeness (QED) is 0.0789. The molecule has 1 amide bonds. The van der Waals surface area contributed by atoms with E-state index in [1.807, 2.05) is 5.32 Å². The van der Waals surface area contributed by atoms with Crippen LogP contribution in [0.3, 0.4) is 0 Å². The average Bonchev–Trinajstić information content (AvgIpc) is 2.64. The normalized spacial score (nSPS) is 24.2. The van der Waals surface area contributed by atoms with E-state index in [9.17, 15) is 38.1 Å². The number of aliphatic hydroxyl groups is 4. The summed E-state index contributed by atoms with van der Waals surface area (Å²) in [5, 5.41) is 49.9. The van der Waals surface area contributed by atoms with Gasteiger partial charge in [0.1, 0.15) is 36.7 Å². The minimum absolute atomic E-state index is 0. The SMILES string of the molecule is CC(=O)N[C@@H](C=O)[C@@H](O[C@@H]1OC(C(=O)O)=C[C@H](O)[C@H]1OS(=O)(=O)O)[C@@H](O)[C@H](O)CO.[Na].[Na]. The van der Waals surface area contributed by atoms with Crippen molar-refractivity contribution in [1.82, 2.24) is 5.32 Å². The van der Waals surface area contributed by atoms with Gasteiger partial charge in [-0.05, 0) is 6.08 Å². The number of aldehydes is 1. The van der Waals surface area contributed by atoms with Crippen molar-refractivity contribution in [3.05, 3.63) is 11.8 Å². The number of aliphatic carboxylic acids is 1. The maximum atomic E-state index is 11.4. The molecule has 0 aromatic carbocycles. The summed E-state index contributed by atoms with van der Waals surface area (Å²) in [6.07, 6.45) is -11.8. The molecule has 18 heteroatoms. The molecule has 0 saturated heterocycles. The molecule has 0 bridgehead atoms. The van der Waals surface area contributed by atoms with E-state index < -0.39 is 77.5 Å². The van der Waals surface area contributed by atoms with Crippen molar-refractivity contribution in [2.45, 2.75) is 49.8 Å². The van der Waals surface area contributed by atoms with Gasteiger partial charge in [0.2, 0.25) is 18.0 Å². The Morgan fingerprint density at radius 2 is 1.88 bits per heavy atom. The Bertz CT molecular complexity index is 777. The molecule has 7 N–H and O–H groups in total. The number of amides is 1. The second-order valence-electron chi connectivity index (χ2n) is 6.01. The first-order valence-corrected chi connectivity index (χ1v) is 9.47. The Labute approximate surface area is 226 Å². The van der Waals surface area contributed by atoms with Crippen molar-refractivity contribution in [2.75, 3.05) is 6.61 Å². The molecule has 0 fully saturated rings. The number of carboxylic acids is 1. The molecule has 7 atom stereocenters. The summed E-state index contributed by atoms with van der Waals surface area (Å²) in [6, 6.07) is -1.72. The summed E-state index contributed by atoms with van der Waals surface area (Å²) in [7, 11) is -5.24. The molecular formula is C14H21NNa2O14S. The summed E-state index contributed by atoms with van der Waals surface area (Å²) in [5.41, 5.74) is 0. The zero-order valence-corrected chi connectivity index (χ0v) is 22.1. The van der Waals surface area contributed by atoms with Crippen LogP contribution in [0.2, 0.25) is 0 Å². The molecule has 15 nitrogen and oxygen atoms in total. The molecule has 0 spiro atoms. The van der Waals surface area contributed by atoms with Gasteiger partial charge in [0.15, 0.2) is 6.10 Å². The van der Waals surface area contributed by atoms with Crippen molar-refractivity contribution < 1.29 is 66.5 Å². The van der Waals surface area contributed by atoms with E-state index in [1.54, 1.807) is 0 Å². The molecule has 1 rings (SSSR count). The van der Waals surface area contributed by atoms with E-state index in [4.69, 9.17) is 24.2 Å². The van der Waals surface area contributed by atoms with Gasteiger partial charge in [0.25, 0.3) is 0 Å². The summed E-state index contributed by atoms with van der Waals surface area (Å²) in [4.78, 5) is 33.8. The standard InChI is InChI=1S/C14H21NO14S.2Na/c1-5(18)15-6(3-16)11(10(21)8(20)4-17)28-14-12(29-30(24,25)26)7(19)2-9(27-14)13(22)23;;/h2-3,6-8,10-12,14,17,19-21H,4H2,1H3,(H,15,18)(H,22,23)(H,24,25,26);;/t6-,7-,8+,10-,11+,12+,14-;;/m0../s1. The predicted octanol–water partition coefficient (Wildman–Crippen LogP) is -5.10. The Morgan fingerprint density at radius 1 is 1.31 bits per heavy atom. The van der Waals surface area contributed by atoms with Crippen molar-refractivity contribution in [3.8, 4) is 0 Å². The number of hydrogen-bond acceptors (Lipinski definition) is 12. The van der Waals surface area contributed by atoms with Crippen LogP contribution in [-0.2, 0) is 38.4 Å². The van der Waals surface area contributed by atoms with E-state index in [0.29, 0.717) is 6.08 Å². The third kappa shape index (κ3) is 10.4. The Kier molecular flexibility index (Phi) is 15.9. The van der Waals surface area contributed by atoms with E-state index in [2.05, 4.69) is 4.18 Å². The molecule has 1 aliphatic heterocycles. The number of aliphatic hydroxyl groups excluding tert-OH is 4.